The summed E-state index contributed by atoms with van der Waals surface area (Å²) in [6.07, 6.45) is 3.63. The topological polar surface area (TPSA) is 130 Å². The van der Waals surface area contributed by atoms with E-state index < -0.39 is 15.9 Å². The molecule has 0 saturated heterocycles. The van der Waals surface area contributed by atoms with Gasteiger partial charge in [-0.1, -0.05) is 19.8 Å². The third kappa shape index (κ3) is 7.53. The van der Waals surface area contributed by atoms with Gasteiger partial charge in [-0.2, -0.15) is 0 Å². The number of anilines is 2. The molecule has 0 aliphatic rings. The van der Waals surface area contributed by atoms with Crippen LogP contribution < -0.4 is 21.1 Å². The maximum Gasteiger partial charge on any atom is 0.253 e. The van der Waals surface area contributed by atoms with Crippen molar-refractivity contribution >= 4 is 33.2 Å². The van der Waals surface area contributed by atoms with E-state index in [0.717, 1.165) is 25.5 Å². The van der Waals surface area contributed by atoms with Crippen LogP contribution in [0.25, 0.3) is 0 Å². The van der Waals surface area contributed by atoms with Crippen LogP contribution in [0.5, 0.6) is 0 Å². The second-order valence-corrected chi connectivity index (χ2v) is 7.61. The van der Waals surface area contributed by atoms with E-state index in [0.29, 0.717) is 5.69 Å². The molecule has 0 radical (unpaired) electrons. The van der Waals surface area contributed by atoms with Gasteiger partial charge in [0, 0.05) is 25.2 Å². The summed E-state index contributed by atoms with van der Waals surface area (Å²) in [5.41, 5.74) is 6.35. The third-order valence-corrected chi connectivity index (χ3v) is 4.00. The number of amides is 2. The van der Waals surface area contributed by atoms with Gasteiger partial charge in [-0.15, -0.1) is 0 Å². The van der Waals surface area contributed by atoms with E-state index in [1.54, 1.807) is 0 Å². The molecule has 0 fully saturated rings. The number of carbonyl (C=O) groups is 2. The number of benzene rings is 1. The minimum absolute atomic E-state index is 0.117. The van der Waals surface area contributed by atoms with E-state index >= 15 is 0 Å². The highest BCUT2D eigenvalue weighted by atomic mass is 32.2. The van der Waals surface area contributed by atoms with Crippen LogP contribution in [0.2, 0.25) is 0 Å². The van der Waals surface area contributed by atoms with Crippen LogP contribution in [0.4, 0.5) is 11.4 Å². The van der Waals surface area contributed by atoms with Crippen LogP contribution in [-0.4, -0.2) is 39.1 Å². The number of unbranched alkanes of at least 4 members (excludes halogenated alkanes) is 1. The average Bonchev–Trinajstić information content (AvgIpc) is 2.50. The molecule has 1 rings (SSSR count). The third-order valence-electron chi connectivity index (χ3n) is 3.41. The summed E-state index contributed by atoms with van der Waals surface area (Å²) >= 11 is 0. The molecule has 0 aliphatic heterocycles. The Morgan fingerprint density at radius 3 is 2.48 bits per heavy atom. The molecule has 1 atom stereocenters. The average molecular weight is 370 g/mol. The normalized spacial score (nSPS) is 12.3. The fourth-order valence-electron chi connectivity index (χ4n) is 2.26. The first kappa shape index (κ1) is 20.9. The lowest BCUT2D eigenvalue weighted by Gasteiger charge is -2.18. The van der Waals surface area contributed by atoms with Crippen LogP contribution in [0.15, 0.2) is 18.2 Å². The molecular formula is C16H26N4O4S. The molecule has 140 valence electrons. The van der Waals surface area contributed by atoms with Crippen LogP contribution in [0, 0.1) is 0 Å². The highest BCUT2D eigenvalue weighted by Crippen LogP contribution is 2.22. The van der Waals surface area contributed by atoms with Gasteiger partial charge in [-0.25, -0.2) is 8.42 Å². The Labute approximate surface area is 148 Å². The van der Waals surface area contributed by atoms with Crippen LogP contribution >= 0.6 is 0 Å². The Bertz CT molecular complexity index is 719. The van der Waals surface area contributed by atoms with Crippen molar-refractivity contribution in [2.75, 3.05) is 22.8 Å². The Morgan fingerprint density at radius 1 is 1.28 bits per heavy atom. The van der Waals surface area contributed by atoms with Gasteiger partial charge in [0.25, 0.3) is 5.91 Å². The van der Waals surface area contributed by atoms with Crippen molar-refractivity contribution < 1.29 is 18.0 Å². The van der Waals surface area contributed by atoms with Gasteiger partial charge in [-0.3, -0.25) is 14.3 Å². The molecule has 1 unspecified atom stereocenters. The van der Waals surface area contributed by atoms with Crippen molar-refractivity contribution in [2.45, 2.75) is 39.2 Å². The van der Waals surface area contributed by atoms with Crippen molar-refractivity contribution in [3.63, 3.8) is 0 Å². The van der Waals surface area contributed by atoms with E-state index in [1.807, 2.05) is 6.92 Å². The summed E-state index contributed by atoms with van der Waals surface area (Å²) in [4.78, 5) is 23.8. The Hall–Kier alpha value is -2.13. The molecule has 9 heteroatoms. The molecule has 8 nitrogen and oxygen atoms in total. The molecule has 0 aliphatic carbocycles. The number of hydrogen-bond acceptors (Lipinski definition) is 5. The van der Waals surface area contributed by atoms with E-state index in [9.17, 15) is 18.0 Å². The van der Waals surface area contributed by atoms with Gasteiger partial charge >= 0.3 is 0 Å². The van der Waals surface area contributed by atoms with E-state index in [2.05, 4.69) is 15.4 Å². The molecule has 2 amide bonds. The highest BCUT2D eigenvalue weighted by Gasteiger charge is 2.18. The summed E-state index contributed by atoms with van der Waals surface area (Å²) in [5, 5.41) is 5.38. The number of carbonyl (C=O) groups excluding carboxylic acids is 2. The number of nitrogens with one attached hydrogen (secondary N) is 3. The lowest BCUT2D eigenvalue weighted by Crippen LogP contribution is -2.40. The summed E-state index contributed by atoms with van der Waals surface area (Å²) in [6, 6.07) is 4.17. The predicted molar refractivity (Wildman–Crippen MR) is 99.0 cm³/mol. The molecule has 0 spiro atoms. The number of sulfonamides is 1. The number of rotatable bonds is 9. The number of hydrogen-bond donors (Lipinski definition) is 4. The monoisotopic (exact) mass is 370 g/mol. The minimum Gasteiger partial charge on any atom is -0.348 e. The van der Waals surface area contributed by atoms with Crippen molar-refractivity contribution in [3.05, 3.63) is 23.8 Å². The SMILES string of the molecule is CCCCC(CN)NC(=O)c1cc(NC(C)=O)ccc1NS(C)(=O)=O. The molecule has 5 N–H and O–H groups in total. The summed E-state index contributed by atoms with van der Waals surface area (Å²) < 4.78 is 25.4. The smallest absolute Gasteiger partial charge is 0.253 e. The minimum atomic E-state index is -3.56. The summed E-state index contributed by atoms with van der Waals surface area (Å²) in [7, 11) is -3.56. The molecule has 0 bridgehead atoms. The standard InChI is InChI=1S/C16H26N4O4S/c1-4-5-6-13(10-17)19-16(22)14-9-12(18-11(2)21)7-8-15(14)20-25(3,23)24/h7-9,13,20H,4-6,10,17H2,1-3H3,(H,18,21)(H,19,22). The Morgan fingerprint density at radius 2 is 1.96 bits per heavy atom. The molecule has 1 aromatic carbocycles. The Kier molecular flexibility index (Phi) is 7.85. The van der Waals surface area contributed by atoms with Crippen molar-refractivity contribution in [1.29, 1.82) is 0 Å². The zero-order valence-corrected chi connectivity index (χ0v) is 15.6. The predicted octanol–water partition coefficient (Wildman–Crippen LogP) is 1.26. The van der Waals surface area contributed by atoms with E-state index in [4.69, 9.17) is 5.73 Å². The van der Waals surface area contributed by atoms with Crippen LogP contribution in [0.1, 0.15) is 43.5 Å². The van der Waals surface area contributed by atoms with Crippen LogP contribution in [-0.2, 0) is 14.8 Å². The van der Waals surface area contributed by atoms with Crippen molar-refractivity contribution in [2.24, 2.45) is 5.73 Å². The first-order valence-corrected chi connectivity index (χ1v) is 9.95. The maximum absolute atomic E-state index is 12.6. The number of nitrogens with two attached hydrogens (primary N) is 1. The highest BCUT2D eigenvalue weighted by molar-refractivity contribution is 7.92. The summed E-state index contributed by atoms with van der Waals surface area (Å²) in [5.74, 6) is -0.747. The first-order valence-electron chi connectivity index (χ1n) is 8.06. The zero-order chi connectivity index (χ0) is 19.0. The van der Waals surface area contributed by atoms with E-state index in [1.165, 1.54) is 25.1 Å². The van der Waals surface area contributed by atoms with Crippen molar-refractivity contribution in [3.8, 4) is 0 Å². The van der Waals surface area contributed by atoms with Gasteiger partial charge < -0.3 is 16.4 Å². The fourth-order valence-corrected chi connectivity index (χ4v) is 2.84. The molecule has 0 aromatic heterocycles. The van der Waals surface area contributed by atoms with Gasteiger partial charge in [0.05, 0.1) is 17.5 Å². The maximum atomic E-state index is 12.6. The molecule has 25 heavy (non-hydrogen) atoms. The van der Waals surface area contributed by atoms with Gasteiger partial charge in [-0.05, 0) is 24.6 Å². The van der Waals surface area contributed by atoms with Gasteiger partial charge in [0.15, 0.2) is 0 Å². The molecule has 0 saturated carbocycles. The van der Waals surface area contributed by atoms with Gasteiger partial charge in [0.1, 0.15) is 0 Å². The molecular weight excluding hydrogens is 344 g/mol. The molecule has 1 aromatic rings. The van der Waals surface area contributed by atoms with E-state index in [-0.39, 0.29) is 29.7 Å². The largest absolute Gasteiger partial charge is 0.348 e. The second-order valence-electron chi connectivity index (χ2n) is 5.86. The first-order chi connectivity index (χ1) is 11.7. The lowest BCUT2D eigenvalue weighted by molar-refractivity contribution is -0.114. The Balaban J connectivity index is 3.12. The molecule has 0 heterocycles. The zero-order valence-electron chi connectivity index (χ0n) is 14.8. The lowest BCUT2D eigenvalue weighted by atomic mass is 10.1. The fraction of sp³-hybridized carbons (Fsp3) is 0.500. The quantitative estimate of drug-likeness (QED) is 0.520. The van der Waals surface area contributed by atoms with Gasteiger partial charge in [0.2, 0.25) is 15.9 Å². The second kappa shape index (κ2) is 9.38. The van der Waals surface area contributed by atoms with Crippen molar-refractivity contribution in [1.82, 2.24) is 5.32 Å². The summed E-state index contributed by atoms with van der Waals surface area (Å²) in [6.45, 7) is 3.67. The van der Waals surface area contributed by atoms with Crippen LogP contribution in [0.3, 0.4) is 0 Å².